The fourth-order valence-corrected chi connectivity index (χ4v) is 6.67. The minimum atomic E-state index is -0.917. The Kier molecular flexibility index (Phi) is 14.2. The number of halogens is 1. The van der Waals surface area contributed by atoms with Gasteiger partial charge in [-0.05, 0) is 105 Å². The first-order chi connectivity index (χ1) is 24.2. The summed E-state index contributed by atoms with van der Waals surface area (Å²) in [5, 5.41) is 17.1. The van der Waals surface area contributed by atoms with E-state index >= 15 is 0 Å². The van der Waals surface area contributed by atoms with Gasteiger partial charge in [-0.25, -0.2) is 4.98 Å². The zero-order valence-electron chi connectivity index (χ0n) is 29.5. The summed E-state index contributed by atoms with van der Waals surface area (Å²) in [6, 6.07) is 17.7. The Morgan fingerprint density at radius 1 is 0.941 bits per heavy atom. The highest BCUT2D eigenvalue weighted by Gasteiger charge is 2.36. The molecule has 6 N–H and O–H groups in total. The van der Waals surface area contributed by atoms with Gasteiger partial charge in [0.2, 0.25) is 17.6 Å². The molecule has 1 aliphatic rings. The third-order valence-corrected chi connectivity index (χ3v) is 9.78. The molecule has 0 unspecified atom stereocenters. The molecule has 1 aliphatic carbocycles. The van der Waals surface area contributed by atoms with Gasteiger partial charge in [-0.15, -0.1) is 22.6 Å². The maximum Gasteiger partial charge on any atom is 0.269 e. The summed E-state index contributed by atoms with van der Waals surface area (Å²) in [4.78, 5) is 48.5. The zero-order valence-corrected chi connectivity index (χ0v) is 30.4. The second kappa shape index (κ2) is 18.5. The van der Waals surface area contributed by atoms with Crippen molar-refractivity contribution in [3.8, 4) is 22.5 Å². The Morgan fingerprint density at radius 2 is 1.61 bits per heavy atom. The van der Waals surface area contributed by atoms with Crippen molar-refractivity contribution in [3.05, 3.63) is 77.6 Å². The van der Waals surface area contributed by atoms with E-state index < -0.39 is 11.9 Å². The van der Waals surface area contributed by atoms with Crippen molar-refractivity contribution < 1.29 is 14.4 Å². The number of anilines is 1. The molecule has 1 saturated carbocycles. The minimum Gasteiger partial charge on any atom is -0.368 e. The molecule has 0 saturated heterocycles. The lowest BCUT2D eigenvalue weighted by Crippen LogP contribution is -2.52. The Bertz CT molecular complexity index is 1720. The predicted molar refractivity (Wildman–Crippen MR) is 200 cm³/mol. The molecule has 0 aliphatic heterocycles. The van der Waals surface area contributed by atoms with Gasteiger partial charge in [-0.3, -0.25) is 19.3 Å². The van der Waals surface area contributed by atoms with Gasteiger partial charge in [0.15, 0.2) is 0 Å². The maximum atomic E-state index is 14.2. The van der Waals surface area contributed by atoms with E-state index in [9.17, 15) is 14.4 Å². The highest BCUT2D eigenvalue weighted by molar-refractivity contribution is 6.02. The molecule has 5 rings (SSSR count). The number of carbonyl (C=O) groups is 3. The number of carbonyl (C=O) groups excluding carboxylic acids is 3. The van der Waals surface area contributed by atoms with Crippen LogP contribution in [0.3, 0.4) is 0 Å². The Labute approximate surface area is 305 Å². The van der Waals surface area contributed by atoms with Crippen LogP contribution in [0.25, 0.3) is 22.5 Å². The smallest absolute Gasteiger partial charge is 0.269 e. The van der Waals surface area contributed by atoms with Crippen molar-refractivity contribution in [3.63, 3.8) is 0 Å². The van der Waals surface area contributed by atoms with Gasteiger partial charge in [0.05, 0.1) is 0 Å². The fourth-order valence-electron chi connectivity index (χ4n) is 6.67. The standard InChI is InChI=1S/C37H48N10O3.ClH/c1-4-46(5-2)21-20-40-36(49)32-19-18-31(24(3)41-32)27-10-6-25(7-11-27)22-33(34(39)48)47(37(50)29-12-8-26(23-38)9-13-29)30-16-14-28(15-17-30)35-42-44-45-43-35;/h6-7,10-11,14-19,26,29,33H,4-5,8-9,12-13,20-23,38H2,1-3H3,(H2,39,48)(H,40,49)(H,42,43,44,45);1H/t26?,29?,33-;/m0./s1. The van der Waals surface area contributed by atoms with Crippen molar-refractivity contribution in [1.82, 2.24) is 35.8 Å². The van der Waals surface area contributed by atoms with Gasteiger partial charge in [0.1, 0.15) is 11.7 Å². The van der Waals surface area contributed by atoms with E-state index in [1.54, 1.807) is 35.2 Å². The topological polar surface area (TPSA) is 189 Å². The molecule has 51 heavy (non-hydrogen) atoms. The molecule has 1 fully saturated rings. The number of benzene rings is 2. The lowest BCUT2D eigenvalue weighted by Gasteiger charge is -2.35. The van der Waals surface area contributed by atoms with Crippen LogP contribution in [-0.2, 0) is 16.0 Å². The molecular formula is C37H49ClN10O3. The minimum absolute atomic E-state index is 0. The lowest BCUT2D eigenvalue weighted by atomic mass is 9.81. The van der Waals surface area contributed by atoms with Crippen LogP contribution in [0, 0.1) is 18.8 Å². The number of rotatable bonds is 15. The Hall–Kier alpha value is -4.72. The SMILES string of the molecule is CCN(CC)CCNC(=O)c1ccc(-c2ccc(C[C@@H](C(N)=O)N(C(=O)C3CCC(CN)CC3)c3ccc(-c4nn[nH]n4)cc3)cc2)c(C)n1.Cl. The average Bonchev–Trinajstić information content (AvgIpc) is 3.69. The third-order valence-electron chi connectivity index (χ3n) is 9.78. The number of primary amides is 1. The highest BCUT2D eigenvalue weighted by atomic mass is 35.5. The first-order valence-electron chi connectivity index (χ1n) is 17.5. The van der Waals surface area contributed by atoms with Gasteiger partial charge in [-0.2, -0.15) is 5.21 Å². The Morgan fingerprint density at radius 3 is 2.18 bits per heavy atom. The number of nitrogens with zero attached hydrogens (tertiary/aromatic N) is 6. The van der Waals surface area contributed by atoms with E-state index in [2.05, 4.69) is 49.7 Å². The van der Waals surface area contributed by atoms with Crippen LogP contribution in [0.5, 0.6) is 0 Å². The predicted octanol–water partition coefficient (Wildman–Crippen LogP) is 3.93. The van der Waals surface area contributed by atoms with Crippen LogP contribution in [-0.4, -0.2) is 87.0 Å². The second-order valence-electron chi connectivity index (χ2n) is 12.9. The average molecular weight is 717 g/mol. The van der Waals surface area contributed by atoms with Crippen LogP contribution in [0.15, 0.2) is 60.7 Å². The van der Waals surface area contributed by atoms with Crippen LogP contribution in [0.4, 0.5) is 5.69 Å². The summed E-state index contributed by atoms with van der Waals surface area (Å²) < 4.78 is 0. The highest BCUT2D eigenvalue weighted by Crippen LogP contribution is 2.33. The summed E-state index contributed by atoms with van der Waals surface area (Å²) in [5.41, 5.74) is 17.0. The van der Waals surface area contributed by atoms with Crippen LogP contribution in [0.1, 0.15) is 61.3 Å². The van der Waals surface area contributed by atoms with E-state index in [0.717, 1.165) is 60.4 Å². The van der Waals surface area contributed by atoms with Crippen molar-refractivity contribution in [1.29, 1.82) is 0 Å². The molecule has 2 heterocycles. The first-order valence-corrected chi connectivity index (χ1v) is 17.5. The number of nitrogens with one attached hydrogen (secondary N) is 2. The number of hydrogen-bond donors (Lipinski definition) is 4. The van der Waals surface area contributed by atoms with Gasteiger partial charge >= 0.3 is 0 Å². The van der Waals surface area contributed by atoms with Crippen LogP contribution in [0.2, 0.25) is 0 Å². The molecule has 0 bridgehead atoms. The number of pyridine rings is 1. The maximum absolute atomic E-state index is 14.2. The Balaban J connectivity index is 0.00000583. The van der Waals surface area contributed by atoms with E-state index in [-0.39, 0.29) is 36.6 Å². The van der Waals surface area contributed by atoms with E-state index in [1.165, 1.54) is 0 Å². The summed E-state index contributed by atoms with van der Waals surface area (Å²) in [5.74, 6) is -0.312. The van der Waals surface area contributed by atoms with Crippen molar-refractivity contribution in [2.75, 3.05) is 37.6 Å². The molecule has 1 atom stereocenters. The first kappa shape index (κ1) is 39.1. The molecule has 4 aromatic rings. The quantitative estimate of drug-likeness (QED) is 0.141. The molecule has 13 nitrogen and oxygen atoms in total. The van der Waals surface area contributed by atoms with E-state index in [1.807, 2.05) is 37.3 Å². The number of aryl methyl sites for hydroxylation is 1. The normalized spacial score (nSPS) is 16.3. The van der Waals surface area contributed by atoms with Gasteiger partial charge < -0.3 is 21.7 Å². The second-order valence-corrected chi connectivity index (χ2v) is 12.9. The summed E-state index contributed by atoms with van der Waals surface area (Å²) in [6.45, 7) is 9.90. The molecule has 3 amide bonds. The van der Waals surface area contributed by atoms with Gasteiger partial charge in [0, 0.05) is 47.9 Å². The number of H-pyrrole nitrogens is 1. The van der Waals surface area contributed by atoms with Crippen LogP contribution >= 0.6 is 12.4 Å². The summed E-state index contributed by atoms with van der Waals surface area (Å²) >= 11 is 0. The lowest BCUT2D eigenvalue weighted by molar-refractivity contribution is -0.127. The molecule has 0 spiro atoms. The number of likely N-dealkylation sites (N-methyl/N-ethyl adjacent to an activating group) is 1. The summed E-state index contributed by atoms with van der Waals surface area (Å²) in [6.07, 6.45) is 3.40. The third kappa shape index (κ3) is 9.75. The van der Waals surface area contributed by atoms with E-state index in [0.29, 0.717) is 49.1 Å². The van der Waals surface area contributed by atoms with Gasteiger partial charge in [-0.1, -0.05) is 44.2 Å². The largest absolute Gasteiger partial charge is 0.368 e. The number of amides is 3. The van der Waals surface area contributed by atoms with Gasteiger partial charge in [0.25, 0.3) is 5.91 Å². The van der Waals surface area contributed by atoms with Crippen molar-refractivity contribution >= 4 is 35.8 Å². The van der Waals surface area contributed by atoms with Crippen LogP contribution < -0.4 is 21.7 Å². The number of tetrazole rings is 1. The number of hydrogen-bond acceptors (Lipinski definition) is 9. The molecule has 2 aromatic carbocycles. The molecule has 14 heteroatoms. The van der Waals surface area contributed by atoms with E-state index in [4.69, 9.17) is 11.5 Å². The van der Waals surface area contributed by atoms with Crippen molar-refractivity contribution in [2.24, 2.45) is 23.3 Å². The number of nitrogens with two attached hydrogens (primary N) is 2. The molecule has 272 valence electrons. The monoisotopic (exact) mass is 716 g/mol. The van der Waals surface area contributed by atoms with Crippen molar-refractivity contribution in [2.45, 2.75) is 58.9 Å². The molecule has 2 aromatic heterocycles. The fraction of sp³-hybridized carbons (Fsp3) is 0.432. The number of aromatic nitrogens is 5. The zero-order chi connectivity index (χ0) is 35.6. The molecule has 0 radical (unpaired) electrons. The summed E-state index contributed by atoms with van der Waals surface area (Å²) in [7, 11) is 0. The number of aromatic amines is 1. The molecular weight excluding hydrogens is 668 g/mol.